The van der Waals surface area contributed by atoms with Crippen LogP contribution < -0.4 is 0 Å². The zero-order chi connectivity index (χ0) is 21.3. The average Bonchev–Trinajstić information content (AvgIpc) is 3.54. The van der Waals surface area contributed by atoms with Crippen LogP contribution in [0, 0.1) is 75.0 Å². The normalized spacial score (nSPS) is 15.3. The van der Waals surface area contributed by atoms with Crippen LogP contribution in [-0.2, 0) is 38.9 Å². The van der Waals surface area contributed by atoms with Crippen LogP contribution in [0.2, 0.25) is 0 Å². The van der Waals surface area contributed by atoms with Crippen molar-refractivity contribution in [3.05, 3.63) is 141 Å². The molecule has 10 radical (unpaired) electrons. The third-order valence-corrected chi connectivity index (χ3v) is 4.55. The van der Waals surface area contributed by atoms with Crippen LogP contribution in [-0.4, -0.2) is 10.9 Å². The molecule has 5 rings (SSSR count). The largest absolute Gasteiger partial charge is 1.00 e. The maximum absolute atomic E-state index is 12.7. The van der Waals surface area contributed by atoms with Crippen molar-refractivity contribution in [3.8, 4) is 11.8 Å². The number of nitrogens with zero attached hydrogens (tertiary/aromatic N) is 2. The van der Waals surface area contributed by atoms with E-state index >= 15 is 0 Å². The molecular formula is C28H19CuFeN2O. The maximum atomic E-state index is 12.7. The molecule has 3 aromatic rings. The van der Waals surface area contributed by atoms with Gasteiger partial charge in [-0.25, -0.2) is 0 Å². The van der Waals surface area contributed by atoms with Crippen molar-refractivity contribution in [2.24, 2.45) is 0 Å². The minimum absolute atomic E-state index is 0. The van der Waals surface area contributed by atoms with Crippen LogP contribution in [0.3, 0.4) is 0 Å². The third kappa shape index (κ3) is 7.73. The van der Waals surface area contributed by atoms with Gasteiger partial charge in [0.05, 0.1) is 17.3 Å². The zero-order valence-electron chi connectivity index (χ0n) is 17.4. The molecule has 0 N–H and O–H groups in total. The van der Waals surface area contributed by atoms with E-state index in [0.29, 0.717) is 23.0 Å². The number of pyridine rings is 1. The molecule has 0 atom stereocenters. The smallest absolute Gasteiger partial charge is 0.625 e. The molecule has 0 aliphatic heterocycles. The van der Waals surface area contributed by atoms with Gasteiger partial charge in [-0.3, -0.25) is 4.98 Å². The van der Waals surface area contributed by atoms with Gasteiger partial charge < -0.3 is 10.1 Å². The predicted octanol–water partition coefficient (Wildman–Crippen LogP) is 5.61. The van der Waals surface area contributed by atoms with Gasteiger partial charge in [-0.15, -0.1) is 5.69 Å². The molecule has 3 nitrogen and oxygen atoms in total. The van der Waals surface area contributed by atoms with E-state index in [2.05, 4.69) is 22.1 Å². The van der Waals surface area contributed by atoms with Gasteiger partial charge in [-0.1, -0.05) is 54.3 Å². The molecule has 0 saturated heterocycles. The Hall–Kier alpha value is -2.08. The molecule has 2 saturated carbocycles. The summed E-state index contributed by atoms with van der Waals surface area (Å²) >= 11 is 0. The molecular weight excluding hydrogens is 500 g/mol. The third-order valence-electron chi connectivity index (χ3n) is 4.55. The fourth-order valence-corrected chi connectivity index (χ4v) is 3.05. The molecule has 0 unspecified atom stereocenters. The second-order valence-electron chi connectivity index (χ2n) is 6.70. The van der Waals surface area contributed by atoms with Gasteiger partial charge in [0.1, 0.15) is 0 Å². The Morgan fingerprint density at radius 2 is 1.45 bits per heavy atom. The van der Waals surface area contributed by atoms with Gasteiger partial charge in [0.15, 0.2) is 0 Å². The Morgan fingerprint density at radius 1 is 0.758 bits per heavy atom. The second-order valence-corrected chi connectivity index (χ2v) is 6.70. The van der Waals surface area contributed by atoms with Crippen molar-refractivity contribution in [2.45, 2.75) is 0 Å². The number of hydrogen-bond donors (Lipinski definition) is 0. The van der Waals surface area contributed by atoms with Gasteiger partial charge in [-0.05, 0) is 75.0 Å². The Bertz CT molecular complexity index is 1060. The van der Waals surface area contributed by atoms with Crippen molar-refractivity contribution < 1.29 is 38.9 Å². The van der Waals surface area contributed by atoms with E-state index in [4.69, 9.17) is 0 Å². The summed E-state index contributed by atoms with van der Waals surface area (Å²) in [4.78, 5) is 17.0. The topological polar surface area (TPSA) is 44.1 Å². The maximum Gasteiger partial charge on any atom is 1.00 e. The number of benzene rings is 2. The molecule has 2 aliphatic rings. The first-order valence-electron chi connectivity index (χ1n) is 9.90. The second kappa shape index (κ2) is 14.2. The van der Waals surface area contributed by atoms with Gasteiger partial charge in [0.25, 0.3) is 0 Å². The summed E-state index contributed by atoms with van der Waals surface area (Å²) in [5.74, 6) is 7.01. The summed E-state index contributed by atoms with van der Waals surface area (Å²) in [5.41, 5.74) is 2.19. The first-order valence-corrected chi connectivity index (χ1v) is 9.90. The van der Waals surface area contributed by atoms with E-state index in [0.717, 1.165) is 10.9 Å². The van der Waals surface area contributed by atoms with Crippen molar-refractivity contribution in [1.29, 1.82) is 0 Å². The van der Waals surface area contributed by atoms with Crippen LogP contribution in [0.4, 0.5) is 5.69 Å². The standard InChI is InChI=1S/C23H15N2O.C5H5.Cu.Fe/c26-23(25-21-13-5-10-19-11-6-16-24-22(19)21)20-12-4-9-18(20)15-14-17-7-2-1-3-8-17;1-2-4-5-3-1;;/h1-13,16H,(H,25,26);1-5H;;/q;;+1;/p-1. The monoisotopic (exact) mass is 518 g/mol. The summed E-state index contributed by atoms with van der Waals surface area (Å²) in [5, 5.41) is 5.23. The van der Waals surface area contributed by atoms with E-state index in [1.165, 1.54) is 0 Å². The zero-order valence-corrected chi connectivity index (χ0v) is 19.5. The molecule has 0 bridgehead atoms. The van der Waals surface area contributed by atoms with Gasteiger partial charge >= 0.3 is 17.1 Å². The number of carbonyl (C=O) groups excluding carboxylic acids is 1. The summed E-state index contributed by atoms with van der Waals surface area (Å²) in [6, 6.07) is 19.1. The average molecular weight is 519 g/mol. The molecule has 1 heterocycles. The minimum atomic E-state index is -0.314. The van der Waals surface area contributed by atoms with Crippen LogP contribution >= 0.6 is 0 Å². The molecule has 1 amide bonds. The summed E-state index contributed by atoms with van der Waals surface area (Å²) < 4.78 is 0. The molecule has 2 fully saturated rings. The number of rotatable bonds is 2. The molecule has 2 aliphatic carbocycles. The molecule has 5 heteroatoms. The number of amides is 1. The first kappa shape index (κ1) is 27.2. The molecule has 1 aromatic heterocycles. The number of aromatic nitrogens is 1. The van der Waals surface area contributed by atoms with Crippen LogP contribution in [0.5, 0.6) is 0 Å². The van der Waals surface area contributed by atoms with Crippen molar-refractivity contribution in [2.75, 3.05) is 0 Å². The van der Waals surface area contributed by atoms with E-state index in [1.807, 2.05) is 99.5 Å². The Morgan fingerprint density at radius 3 is 2.18 bits per heavy atom. The SMILES string of the molecule is O=C([N-]c1cccc2cccnc12)[C]1[CH][CH][CH][C]1C#Cc1ccccc1.[CH]1[CH][CH][CH][CH]1.[Cu+].[Fe]. The van der Waals surface area contributed by atoms with E-state index in [1.54, 1.807) is 18.7 Å². The quantitative estimate of drug-likeness (QED) is 0.327. The predicted molar refractivity (Wildman–Crippen MR) is 124 cm³/mol. The molecule has 2 aromatic carbocycles. The van der Waals surface area contributed by atoms with Crippen molar-refractivity contribution in [3.63, 3.8) is 0 Å². The van der Waals surface area contributed by atoms with Gasteiger partial charge in [0, 0.05) is 34.7 Å². The van der Waals surface area contributed by atoms with Crippen LogP contribution in [0.25, 0.3) is 16.2 Å². The van der Waals surface area contributed by atoms with Crippen molar-refractivity contribution >= 4 is 22.5 Å². The summed E-state index contributed by atoms with van der Waals surface area (Å²) in [7, 11) is 0. The molecule has 166 valence electrons. The minimum Gasteiger partial charge on any atom is -0.625 e. The van der Waals surface area contributed by atoms with Crippen LogP contribution in [0.1, 0.15) is 5.56 Å². The molecule has 33 heavy (non-hydrogen) atoms. The van der Waals surface area contributed by atoms with Gasteiger partial charge in [0.2, 0.25) is 0 Å². The van der Waals surface area contributed by atoms with Crippen molar-refractivity contribution in [1.82, 2.24) is 4.98 Å². The number of carbonyl (C=O) groups is 1. The Kier molecular flexibility index (Phi) is 11.7. The van der Waals surface area contributed by atoms with Crippen LogP contribution in [0.15, 0.2) is 66.9 Å². The first-order chi connectivity index (χ1) is 15.3. The number of fused-ring (bicyclic) bond motifs is 1. The van der Waals surface area contributed by atoms with E-state index in [9.17, 15) is 4.79 Å². The Labute approximate surface area is 218 Å². The molecule has 0 spiro atoms. The van der Waals surface area contributed by atoms with Gasteiger partial charge in [-0.2, -0.15) is 0 Å². The number of hydrogen-bond acceptors (Lipinski definition) is 2. The fraction of sp³-hybridized carbons (Fsp3) is 0. The summed E-state index contributed by atoms with van der Waals surface area (Å²) in [6.07, 6.45) is 17.1. The fourth-order valence-electron chi connectivity index (χ4n) is 3.05. The number of para-hydroxylation sites is 1. The summed E-state index contributed by atoms with van der Waals surface area (Å²) in [6.45, 7) is 0. The Balaban J connectivity index is 0.000000490. The van der Waals surface area contributed by atoms with E-state index < -0.39 is 0 Å². The van der Waals surface area contributed by atoms with E-state index in [-0.39, 0.29) is 40.0 Å².